The molecule has 19 heteroatoms. The van der Waals surface area contributed by atoms with Crippen LogP contribution in [0, 0.1) is 11.7 Å². The Kier molecular flexibility index (Phi) is 12.0. The number of aliphatic carboxylic acids is 1. The van der Waals surface area contributed by atoms with E-state index in [0.717, 1.165) is 24.8 Å². The van der Waals surface area contributed by atoms with Crippen LogP contribution in [-0.2, 0) is 47.8 Å². The molecule has 2 unspecified atom stereocenters. The zero-order valence-corrected chi connectivity index (χ0v) is 39.0. The predicted molar refractivity (Wildman–Crippen MR) is 250 cm³/mol. The van der Waals surface area contributed by atoms with Gasteiger partial charge in [0.1, 0.15) is 23.3 Å². The summed E-state index contributed by atoms with van der Waals surface area (Å²) in [6.07, 6.45) is 5.84. The lowest BCUT2D eigenvalue weighted by molar-refractivity contribution is -0.156. The number of imide groups is 1. The third-order valence-electron chi connectivity index (χ3n) is 15.8. The lowest BCUT2D eigenvalue weighted by Gasteiger charge is -2.47. The maximum atomic E-state index is 16.4. The number of rotatable bonds is 8. The van der Waals surface area contributed by atoms with E-state index in [2.05, 4.69) is 21.3 Å². The van der Waals surface area contributed by atoms with Crippen LogP contribution < -0.4 is 27.0 Å². The number of benzene rings is 3. The lowest BCUT2D eigenvalue weighted by Crippen LogP contribution is -2.60. The van der Waals surface area contributed by atoms with Crippen molar-refractivity contribution in [1.82, 2.24) is 34.9 Å². The number of aryl methyl sites for hydroxylation is 1. The molecule has 10 rings (SSSR count). The number of fused-ring (bicyclic) bond motifs is 4. The molecule has 2 aliphatic carbocycles. The smallest absolute Gasteiger partial charge is 0.329 e. The first-order valence-electron chi connectivity index (χ1n) is 23.5. The number of carbonyl (C=O) groups excluding carboxylic acids is 5. The fraction of sp³-hybridized carbons (Fsp3) is 0.490. The van der Waals surface area contributed by atoms with Gasteiger partial charge in [-0.25, -0.2) is 14.0 Å². The van der Waals surface area contributed by atoms with Crippen LogP contribution in [0.5, 0.6) is 0 Å². The van der Waals surface area contributed by atoms with Crippen LogP contribution in [0.1, 0.15) is 99.3 Å². The molecule has 358 valence electrons. The Balaban J connectivity index is 0.822. The third-order valence-corrected chi connectivity index (χ3v) is 16.4. The van der Waals surface area contributed by atoms with E-state index in [1.54, 1.807) is 37.4 Å². The Hall–Kier alpha value is -5.62. The quantitative estimate of drug-likeness (QED) is 0.152. The van der Waals surface area contributed by atoms with Gasteiger partial charge in [0, 0.05) is 73.8 Å². The second kappa shape index (κ2) is 17.7. The van der Waals surface area contributed by atoms with Gasteiger partial charge in [-0.2, -0.15) is 0 Å². The monoisotopic (exact) mass is 970 g/mol. The van der Waals surface area contributed by atoms with E-state index >= 15 is 4.39 Å². The SMILES string of the molecule is Cn1c(=O)n(C2CCC(=O)NC2=O)c2ccc(CN3CCN(C(=O)C4CCC(NC(=O)[C@@H]5NC6(CCCCC6)[C@@]6(C(=O)Nc7cc(Cl)ccc76)[C@H]5c5cccc(Cl)c5F)CC4)C(C(=O)O)C3)cc21. The summed E-state index contributed by atoms with van der Waals surface area (Å²) in [5.74, 6) is -5.07. The number of imidazole rings is 1. The highest BCUT2D eigenvalue weighted by molar-refractivity contribution is 6.31. The van der Waals surface area contributed by atoms with Crippen molar-refractivity contribution >= 4 is 75.4 Å². The zero-order chi connectivity index (χ0) is 47.8. The van der Waals surface area contributed by atoms with Crippen LogP contribution >= 0.6 is 23.2 Å². The summed E-state index contributed by atoms with van der Waals surface area (Å²) in [6, 6.07) is 12.1. The fourth-order valence-electron chi connectivity index (χ4n) is 12.7. The highest BCUT2D eigenvalue weighted by atomic mass is 35.5. The first-order chi connectivity index (χ1) is 32.6. The molecule has 16 nitrogen and oxygen atoms in total. The minimum absolute atomic E-state index is 0.0853. The molecule has 2 saturated carbocycles. The van der Waals surface area contributed by atoms with Gasteiger partial charge in [0.25, 0.3) is 0 Å². The molecule has 5 atom stereocenters. The summed E-state index contributed by atoms with van der Waals surface area (Å²) in [6.45, 7) is 1.05. The van der Waals surface area contributed by atoms with Crippen LogP contribution in [0.3, 0.4) is 0 Å². The number of amides is 5. The summed E-state index contributed by atoms with van der Waals surface area (Å²) in [4.78, 5) is 97.6. The maximum Gasteiger partial charge on any atom is 0.329 e. The number of carbonyl (C=O) groups is 6. The van der Waals surface area contributed by atoms with Crippen LogP contribution in [0.15, 0.2) is 59.4 Å². The molecule has 68 heavy (non-hydrogen) atoms. The van der Waals surface area contributed by atoms with Crippen molar-refractivity contribution in [2.45, 2.75) is 118 Å². The van der Waals surface area contributed by atoms with Crippen LogP contribution in [-0.4, -0.2) is 103 Å². The number of aromatic nitrogens is 2. The molecular weight excluding hydrogens is 918 g/mol. The molecule has 5 N–H and O–H groups in total. The van der Waals surface area contributed by atoms with Crippen molar-refractivity contribution in [2.24, 2.45) is 13.0 Å². The molecule has 0 bridgehead atoms. The molecule has 5 amide bonds. The van der Waals surface area contributed by atoms with E-state index in [1.807, 2.05) is 23.1 Å². The zero-order valence-electron chi connectivity index (χ0n) is 37.5. The van der Waals surface area contributed by atoms with Gasteiger partial charge >= 0.3 is 11.7 Å². The largest absolute Gasteiger partial charge is 0.480 e. The van der Waals surface area contributed by atoms with Gasteiger partial charge in [0.2, 0.25) is 29.5 Å². The molecule has 3 saturated heterocycles. The van der Waals surface area contributed by atoms with Crippen molar-refractivity contribution in [3.8, 4) is 0 Å². The molecule has 2 spiro atoms. The van der Waals surface area contributed by atoms with Gasteiger partial charge in [-0.1, -0.05) is 66.7 Å². The van der Waals surface area contributed by atoms with Gasteiger partial charge in [-0.05, 0) is 92.0 Å². The Morgan fingerprint density at radius 2 is 1.66 bits per heavy atom. The van der Waals surface area contributed by atoms with Gasteiger partial charge in [0.05, 0.1) is 22.1 Å². The van der Waals surface area contributed by atoms with E-state index in [-0.39, 0.29) is 71.9 Å². The average Bonchev–Trinajstić information content (AvgIpc) is 3.87. The molecular formula is C49H53Cl2FN8O8. The minimum Gasteiger partial charge on any atom is -0.480 e. The number of piperazine rings is 1. The van der Waals surface area contributed by atoms with Crippen molar-refractivity contribution in [3.05, 3.63) is 97.6 Å². The first kappa shape index (κ1) is 46.1. The van der Waals surface area contributed by atoms with Crippen molar-refractivity contribution in [3.63, 3.8) is 0 Å². The van der Waals surface area contributed by atoms with E-state index in [1.165, 1.54) is 20.1 Å². The van der Waals surface area contributed by atoms with Crippen LogP contribution in [0.4, 0.5) is 10.1 Å². The normalized spacial score (nSPS) is 28.2. The number of carboxylic acid groups (broad SMARTS) is 1. The minimum atomic E-state index is -1.37. The number of piperidine rings is 1. The van der Waals surface area contributed by atoms with E-state index in [4.69, 9.17) is 23.2 Å². The Bertz CT molecular complexity index is 2840. The molecule has 5 fully saturated rings. The van der Waals surface area contributed by atoms with E-state index in [9.17, 15) is 38.7 Å². The van der Waals surface area contributed by atoms with Crippen LogP contribution in [0.25, 0.3) is 11.0 Å². The second-order valence-electron chi connectivity index (χ2n) is 19.5. The lowest BCUT2D eigenvalue weighted by atomic mass is 9.55. The summed E-state index contributed by atoms with van der Waals surface area (Å²) >= 11 is 12.8. The van der Waals surface area contributed by atoms with Gasteiger partial charge < -0.3 is 20.6 Å². The summed E-state index contributed by atoms with van der Waals surface area (Å²) in [5, 5.41) is 23.0. The predicted octanol–water partition coefficient (Wildman–Crippen LogP) is 4.88. The highest BCUT2D eigenvalue weighted by Crippen LogP contribution is 2.63. The summed E-state index contributed by atoms with van der Waals surface area (Å²) in [7, 11) is 1.62. The topological polar surface area (TPSA) is 204 Å². The number of nitrogens with one attached hydrogen (secondary N) is 4. The maximum absolute atomic E-state index is 16.4. The highest BCUT2D eigenvalue weighted by Gasteiger charge is 2.72. The standard InChI is InChI=1S/C49H53Cl2FN8O8/c1-57-36-22-26(8-15-34(36)60(47(57)68)35-16-17-38(61)55-42(35)62)24-58-20-21-59(37(25-58)45(65)66)44(64)27-9-12-29(13-10-27)53-43(63)41-39(30-6-5-7-32(51)40(30)52)49(48(56-41)18-3-2-4-19-48)31-14-11-28(50)23-33(31)54-46(49)67/h5-8,11,14-15,22-23,27,29,35,37,39,41,56H,2-4,9-10,12-13,16-21,24-25H2,1H3,(H,53,63)(H,54,67)(H,65,66)(H,55,61,62)/t27?,29?,35?,37?,39-,41+,49+/m0/s1. The molecule has 4 aliphatic heterocycles. The molecule has 6 aliphatic rings. The number of nitrogens with zero attached hydrogens (tertiary/aromatic N) is 4. The summed E-state index contributed by atoms with van der Waals surface area (Å²) in [5.41, 5.74) is 0.690. The first-order valence-corrected chi connectivity index (χ1v) is 24.3. The van der Waals surface area contributed by atoms with Crippen molar-refractivity contribution < 1.29 is 38.3 Å². The van der Waals surface area contributed by atoms with Crippen molar-refractivity contribution in [1.29, 1.82) is 0 Å². The van der Waals surface area contributed by atoms with Gasteiger partial charge in [-0.15, -0.1) is 0 Å². The molecule has 0 radical (unpaired) electrons. The number of carboxylic acids is 1. The number of halogens is 3. The van der Waals surface area contributed by atoms with E-state index < -0.39 is 58.6 Å². The fourth-order valence-corrected chi connectivity index (χ4v) is 13.0. The number of anilines is 1. The van der Waals surface area contributed by atoms with Gasteiger partial charge in [0.15, 0.2) is 0 Å². The Morgan fingerprint density at radius 3 is 2.40 bits per heavy atom. The number of hydrogen-bond donors (Lipinski definition) is 5. The number of hydrogen-bond acceptors (Lipinski definition) is 9. The molecule has 3 aromatic carbocycles. The Morgan fingerprint density at radius 1 is 0.897 bits per heavy atom. The third kappa shape index (κ3) is 7.51. The molecule has 4 aromatic rings. The summed E-state index contributed by atoms with van der Waals surface area (Å²) < 4.78 is 19.2. The second-order valence-corrected chi connectivity index (χ2v) is 20.4. The van der Waals surface area contributed by atoms with E-state index in [0.29, 0.717) is 78.9 Å². The van der Waals surface area contributed by atoms with Crippen molar-refractivity contribution in [2.75, 3.05) is 25.0 Å². The Labute approximate surface area is 400 Å². The van der Waals surface area contributed by atoms with Gasteiger partial charge in [-0.3, -0.25) is 48.6 Å². The molecule has 5 heterocycles. The average molecular weight is 972 g/mol. The molecule has 1 aromatic heterocycles. The van der Waals surface area contributed by atoms with Crippen LogP contribution in [0.2, 0.25) is 10.0 Å².